The molecule has 3 aromatic heterocycles. The van der Waals surface area contributed by atoms with Crippen LogP contribution in [0, 0.1) is 0 Å². The fourth-order valence-electron chi connectivity index (χ4n) is 2.98. The predicted molar refractivity (Wildman–Crippen MR) is 107 cm³/mol. The molecule has 0 saturated heterocycles. The summed E-state index contributed by atoms with van der Waals surface area (Å²) in [6.07, 6.45) is 2.16. The second kappa shape index (κ2) is 7.59. The molecule has 3 heterocycles. The van der Waals surface area contributed by atoms with Crippen molar-refractivity contribution in [2.24, 2.45) is 0 Å². The molecule has 0 atom stereocenters. The Labute approximate surface area is 159 Å². The van der Waals surface area contributed by atoms with Crippen LogP contribution in [0.3, 0.4) is 0 Å². The standard InChI is InChI=1S/C20H18N4O2S/c25-19(12-14-13-22-16-5-2-1-4-15(14)16)21-9-10-24-20(26)8-7-17(23-24)18-6-3-11-27-18/h1-8,11,13,22H,9-10,12H2,(H,21,25). The summed E-state index contributed by atoms with van der Waals surface area (Å²) in [6.45, 7) is 0.680. The first-order valence-corrected chi connectivity index (χ1v) is 9.52. The molecule has 7 heteroatoms. The summed E-state index contributed by atoms with van der Waals surface area (Å²) in [5.74, 6) is -0.0813. The van der Waals surface area contributed by atoms with Gasteiger partial charge in [0.1, 0.15) is 5.69 Å². The number of amides is 1. The fraction of sp³-hybridized carbons (Fsp3) is 0.150. The molecule has 2 N–H and O–H groups in total. The number of rotatable bonds is 6. The molecule has 4 rings (SSSR count). The molecule has 136 valence electrons. The van der Waals surface area contributed by atoms with E-state index >= 15 is 0 Å². The van der Waals surface area contributed by atoms with Crippen LogP contribution in [0.5, 0.6) is 0 Å². The number of H-pyrrole nitrogens is 1. The number of carbonyl (C=O) groups excluding carboxylic acids is 1. The fourth-order valence-corrected chi connectivity index (χ4v) is 3.67. The summed E-state index contributed by atoms with van der Waals surface area (Å²) in [6, 6.07) is 15.0. The Bertz CT molecular complexity index is 1130. The van der Waals surface area contributed by atoms with Gasteiger partial charge in [-0.05, 0) is 29.1 Å². The van der Waals surface area contributed by atoms with E-state index in [1.165, 1.54) is 10.7 Å². The number of aromatic amines is 1. The van der Waals surface area contributed by atoms with Crippen LogP contribution in [0.4, 0.5) is 0 Å². The van der Waals surface area contributed by atoms with Gasteiger partial charge in [0, 0.05) is 29.7 Å². The Morgan fingerprint density at radius 2 is 2.04 bits per heavy atom. The number of fused-ring (bicyclic) bond motifs is 1. The van der Waals surface area contributed by atoms with Crippen molar-refractivity contribution in [2.75, 3.05) is 6.54 Å². The van der Waals surface area contributed by atoms with Crippen molar-refractivity contribution in [1.29, 1.82) is 0 Å². The van der Waals surface area contributed by atoms with E-state index in [2.05, 4.69) is 15.4 Å². The Kier molecular flexibility index (Phi) is 4.84. The lowest BCUT2D eigenvalue weighted by Crippen LogP contribution is -2.32. The molecule has 0 spiro atoms. The third-order valence-electron chi connectivity index (χ3n) is 4.31. The number of benzene rings is 1. The number of hydrogen-bond donors (Lipinski definition) is 2. The molecule has 0 aliphatic heterocycles. The monoisotopic (exact) mass is 378 g/mol. The van der Waals surface area contributed by atoms with Crippen LogP contribution >= 0.6 is 11.3 Å². The topological polar surface area (TPSA) is 79.8 Å². The van der Waals surface area contributed by atoms with Crippen molar-refractivity contribution in [1.82, 2.24) is 20.1 Å². The smallest absolute Gasteiger partial charge is 0.266 e. The van der Waals surface area contributed by atoms with E-state index in [0.717, 1.165) is 27.0 Å². The molecule has 0 bridgehead atoms. The van der Waals surface area contributed by atoms with Crippen LogP contribution in [-0.2, 0) is 17.8 Å². The van der Waals surface area contributed by atoms with Gasteiger partial charge in [-0.1, -0.05) is 24.3 Å². The predicted octanol–water partition coefficient (Wildman–Crippen LogP) is 2.81. The zero-order valence-corrected chi connectivity index (χ0v) is 15.3. The van der Waals surface area contributed by atoms with E-state index in [0.29, 0.717) is 19.5 Å². The minimum atomic E-state index is -0.179. The maximum atomic E-state index is 12.3. The summed E-state index contributed by atoms with van der Waals surface area (Å²) in [5, 5.41) is 10.3. The Morgan fingerprint density at radius 3 is 2.89 bits per heavy atom. The highest BCUT2D eigenvalue weighted by Gasteiger charge is 2.09. The van der Waals surface area contributed by atoms with Gasteiger partial charge in [-0.2, -0.15) is 5.10 Å². The molecule has 6 nitrogen and oxygen atoms in total. The first-order chi connectivity index (χ1) is 13.2. The Morgan fingerprint density at radius 1 is 1.15 bits per heavy atom. The molecule has 1 amide bonds. The van der Waals surface area contributed by atoms with Gasteiger partial charge in [-0.25, -0.2) is 4.68 Å². The Hall–Kier alpha value is -3.19. The number of thiophene rings is 1. The van der Waals surface area contributed by atoms with Gasteiger partial charge in [0.2, 0.25) is 5.91 Å². The van der Waals surface area contributed by atoms with Crippen LogP contribution in [-0.4, -0.2) is 27.2 Å². The lowest BCUT2D eigenvalue weighted by molar-refractivity contribution is -0.120. The van der Waals surface area contributed by atoms with Crippen molar-refractivity contribution in [3.05, 3.63) is 76.0 Å². The molecule has 0 aliphatic rings. The van der Waals surface area contributed by atoms with Crippen molar-refractivity contribution < 1.29 is 4.79 Å². The lowest BCUT2D eigenvalue weighted by atomic mass is 10.1. The van der Waals surface area contributed by atoms with Crippen LogP contribution < -0.4 is 10.9 Å². The largest absolute Gasteiger partial charge is 0.361 e. The van der Waals surface area contributed by atoms with E-state index in [-0.39, 0.29) is 11.5 Å². The average molecular weight is 378 g/mol. The molecular weight excluding hydrogens is 360 g/mol. The normalized spacial score (nSPS) is 11.0. The molecular formula is C20H18N4O2S. The van der Waals surface area contributed by atoms with Crippen molar-refractivity contribution in [2.45, 2.75) is 13.0 Å². The number of hydrogen-bond acceptors (Lipinski definition) is 4. The summed E-state index contributed by atoms with van der Waals surface area (Å²) < 4.78 is 1.39. The van der Waals surface area contributed by atoms with E-state index < -0.39 is 0 Å². The summed E-state index contributed by atoms with van der Waals surface area (Å²) in [5.41, 5.74) is 2.55. The minimum absolute atomic E-state index is 0.0813. The molecule has 0 radical (unpaired) electrons. The molecule has 0 unspecified atom stereocenters. The molecule has 27 heavy (non-hydrogen) atoms. The van der Waals surface area contributed by atoms with Gasteiger partial charge in [0.05, 0.1) is 17.8 Å². The van der Waals surface area contributed by atoms with Gasteiger partial charge in [-0.3, -0.25) is 9.59 Å². The highest BCUT2D eigenvalue weighted by molar-refractivity contribution is 7.13. The van der Waals surface area contributed by atoms with Crippen LogP contribution in [0.25, 0.3) is 21.5 Å². The number of nitrogens with zero attached hydrogens (tertiary/aromatic N) is 2. The highest BCUT2D eigenvalue weighted by atomic mass is 32.1. The quantitative estimate of drug-likeness (QED) is 0.541. The number of carbonyl (C=O) groups is 1. The SMILES string of the molecule is O=C(Cc1c[nH]c2ccccc12)NCCn1nc(-c2cccs2)ccc1=O. The van der Waals surface area contributed by atoms with Gasteiger partial charge >= 0.3 is 0 Å². The molecule has 4 aromatic rings. The zero-order chi connectivity index (χ0) is 18.6. The third kappa shape index (κ3) is 3.83. The lowest BCUT2D eigenvalue weighted by Gasteiger charge is -2.08. The number of para-hydroxylation sites is 1. The molecule has 1 aromatic carbocycles. The van der Waals surface area contributed by atoms with Gasteiger partial charge in [-0.15, -0.1) is 11.3 Å². The minimum Gasteiger partial charge on any atom is -0.361 e. The van der Waals surface area contributed by atoms with E-state index in [1.54, 1.807) is 17.4 Å². The van der Waals surface area contributed by atoms with Gasteiger partial charge in [0.15, 0.2) is 0 Å². The Balaban J connectivity index is 1.37. The average Bonchev–Trinajstić information content (AvgIpc) is 3.34. The van der Waals surface area contributed by atoms with Crippen molar-refractivity contribution in [3.63, 3.8) is 0 Å². The molecule has 0 fully saturated rings. The second-order valence-corrected chi connectivity index (χ2v) is 7.09. The van der Waals surface area contributed by atoms with Crippen molar-refractivity contribution >= 4 is 28.1 Å². The maximum absolute atomic E-state index is 12.3. The van der Waals surface area contributed by atoms with Crippen molar-refractivity contribution in [3.8, 4) is 10.6 Å². The summed E-state index contributed by atoms with van der Waals surface area (Å²) in [7, 11) is 0. The van der Waals surface area contributed by atoms with E-state index in [1.807, 2.05) is 48.0 Å². The zero-order valence-electron chi connectivity index (χ0n) is 14.5. The first-order valence-electron chi connectivity index (χ1n) is 8.64. The first kappa shape index (κ1) is 17.2. The van der Waals surface area contributed by atoms with Gasteiger partial charge in [0.25, 0.3) is 5.56 Å². The highest BCUT2D eigenvalue weighted by Crippen LogP contribution is 2.21. The molecule has 0 aliphatic carbocycles. The van der Waals surface area contributed by atoms with Crippen LogP contribution in [0.15, 0.2) is 64.9 Å². The third-order valence-corrected chi connectivity index (χ3v) is 5.20. The maximum Gasteiger partial charge on any atom is 0.266 e. The van der Waals surface area contributed by atoms with E-state index in [4.69, 9.17) is 0 Å². The number of nitrogens with one attached hydrogen (secondary N) is 2. The van der Waals surface area contributed by atoms with Crippen LogP contribution in [0.2, 0.25) is 0 Å². The van der Waals surface area contributed by atoms with E-state index in [9.17, 15) is 9.59 Å². The van der Waals surface area contributed by atoms with Gasteiger partial charge < -0.3 is 10.3 Å². The summed E-state index contributed by atoms with van der Waals surface area (Å²) >= 11 is 1.57. The summed E-state index contributed by atoms with van der Waals surface area (Å²) in [4.78, 5) is 28.4. The number of aromatic nitrogens is 3. The molecule has 0 saturated carbocycles. The van der Waals surface area contributed by atoms with Crippen LogP contribution in [0.1, 0.15) is 5.56 Å². The second-order valence-electron chi connectivity index (χ2n) is 6.14.